The van der Waals surface area contributed by atoms with E-state index in [1.54, 1.807) is 12.1 Å². The van der Waals surface area contributed by atoms with E-state index in [0.717, 1.165) is 17.1 Å². The van der Waals surface area contributed by atoms with Gasteiger partial charge >= 0.3 is 0 Å². The first-order chi connectivity index (χ1) is 8.69. The Kier molecular flexibility index (Phi) is 3.89. The molecular weight excluding hydrogens is 230 g/mol. The predicted molar refractivity (Wildman–Crippen MR) is 68.6 cm³/mol. The molecule has 0 unspecified atom stereocenters. The molecule has 2 rings (SSSR count). The normalized spacial score (nSPS) is 10.6. The molecule has 0 aliphatic rings. The molecule has 0 spiro atoms. The van der Waals surface area contributed by atoms with Gasteiger partial charge in [-0.15, -0.1) is 0 Å². The third-order valence-electron chi connectivity index (χ3n) is 2.67. The average molecular weight is 247 g/mol. The van der Waals surface area contributed by atoms with Crippen molar-refractivity contribution in [2.24, 2.45) is 0 Å². The highest BCUT2D eigenvalue weighted by Crippen LogP contribution is 2.26. The van der Waals surface area contributed by atoms with E-state index in [0.29, 0.717) is 18.8 Å². The lowest BCUT2D eigenvalue weighted by molar-refractivity contribution is 0.373. The molecule has 0 saturated heterocycles. The molecule has 1 heterocycles. The molecule has 1 aromatic carbocycles. The highest BCUT2D eigenvalue weighted by atomic mass is 16.5. The molecule has 96 valence electrons. The van der Waals surface area contributed by atoms with Gasteiger partial charge in [0.15, 0.2) is 11.5 Å². The van der Waals surface area contributed by atoms with Crippen LogP contribution < -0.4 is 10.1 Å². The second-order valence-electron chi connectivity index (χ2n) is 4.12. The van der Waals surface area contributed by atoms with Crippen LogP contribution in [-0.4, -0.2) is 12.2 Å². The summed E-state index contributed by atoms with van der Waals surface area (Å²) >= 11 is 0. The summed E-state index contributed by atoms with van der Waals surface area (Å²) in [4.78, 5) is 0. The molecule has 2 aromatic rings. The monoisotopic (exact) mass is 247 g/mol. The second kappa shape index (κ2) is 5.60. The van der Waals surface area contributed by atoms with Crippen molar-refractivity contribution in [1.29, 1.82) is 0 Å². The summed E-state index contributed by atoms with van der Waals surface area (Å²) in [5.74, 6) is 2.46. The summed E-state index contributed by atoms with van der Waals surface area (Å²) in [5.41, 5.74) is 0.997. The standard InChI is InChI=1S/C14H17NO3/c1-10-3-5-12(18-10)9-15-8-11-4-6-14(17-2)13(16)7-11/h3-7,15-16H,8-9H2,1-2H3. The van der Waals surface area contributed by atoms with Gasteiger partial charge in [-0.3, -0.25) is 0 Å². The summed E-state index contributed by atoms with van der Waals surface area (Å²) in [6.07, 6.45) is 0. The van der Waals surface area contributed by atoms with E-state index >= 15 is 0 Å². The van der Waals surface area contributed by atoms with E-state index < -0.39 is 0 Å². The molecule has 0 radical (unpaired) electrons. The van der Waals surface area contributed by atoms with Crippen molar-refractivity contribution in [1.82, 2.24) is 5.32 Å². The average Bonchev–Trinajstić information content (AvgIpc) is 2.75. The number of aromatic hydroxyl groups is 1. The van der Waals surface area contributed by atoms with Crippen LogP contribution in [0.25, 0.3) is 0 Å². The topological polar surface area (TPSA) is 54.6 Å². The first-order valence-electron chi connectivity index (χ1n) is 5.81. The van der Waals surface area contributed by atoms with Gasteiger partial charge in [0.05, 0.1) is 13.7 Å². The fourth-order valence-electron chi connectivity index (χ4n) is 1.76. The molecule has 0 fully saturated rings. The molecule has 0 aliphatic carbocycles. The van der Waals surface area contributed by atoms with Crippen LogP contribution in [0.3, 0.4) is 0 Å². The van der Waals surface area contributed by atoms with Crippen LogP contribution in [0.15, 0.2) is 34.7 Å². The Bertz CT molecular complexity index is 520. The highest BCUT2D eigenvalue weighted by Gasteiger charge is 2.03. The quantitative estimate of drug-likeness (QED) is 0.852. The van der Waals surface area contributed by atoms with Crippen LogP contribution >= 0.6 is 0 Å². The molecular formula is C14H17NO3. The van der Waals surface area contributed by atoms with Crippen molar-refractivity contribution < 1.29 is 14.3 Å². The summed E-state index contributed by atoms with van der Waals surface area (Å²) in [5, 5.41) is 12.9. The molecule has 1 aromatic heterocycles. The maximum Gasteiger partial charge on any atom is 0.160 e. The van der Waals surface area contributed by atoms with Crippen molar-refractivity contribution >= 4 is 0 Å². The van der Waals surface area contributed by atoms with Gasteiger partial charge in [-0.05, 0) is 36.8 Å². The molecule has 0 amide bonds. The summed E-state index contributed by atoms with van der Waals surface area (Å²) in [6, 6.07) is 9.26. The molecule has 0 atom stereocenters. The maximum atomic E-state index is 9.64. The van der Waals surface area contributed by atoms with Crippen LogP contribution in [0.5, 0.6) is 11.5 Å². The number of aryl methyl sites for hydroxylation is 1. The largest absolute Gasteiger partial charge is 0.504 e. The zero-order valence-electron chi connectivity index (χ0n) is 10.6. The van der Waals surface area contributed by atoms with Gasteiger partial charge in [0.2, 0.25) is 0 Å². The number of ether oxygens (including phenoxy) is 1. The molecule has 18 heavy (non-hydrogen) atoms. The first kappa shape index (κ1) is 12.5. The SMILES string of the molecule is COc1ccc(CNCc2ccc(C)o2)cc1O. The fourth-order valence-corrected chi connectivity index (χ4v) is 1.76. The summed E-state index contributed by atoms with van der Waals surface area (Å²) in [6.45, 7) is 3.25. The maximum absolute atomic E-state index is 9.64. The number of phenolic OH excluding ortho intramolecular Hbond substituents is 1. The Morgan fingerprint density at radius 1 is 1.22 bits per heavy atom. The van der Waals surface area contributed by atoms with E-state index in [1.165, 1.54) is 7.11 Å². The van der Waals surface area contributed by atoms with Gasteiger partial charge in [-0.25, -0.2) is 0 Å². The number of hydrogen-bond acceptors (Lipinski definition) is 4. The smallest absolute Gasteiger partial charge is 0.160 e. The second-order valence-corrected chi connectivity index (χ2v) is 4.12. The lowest BCUT2D eigenvalue weighted by Crippen LogP contribution is -2.12. The van der Waals surface area contributed by atoms with Gasteiger partial charge in [0.1, 0.15) is 11.5 Å². The minimum atomic E-state index is 0.158. The van der Waals surface area contributed by atoms with Gasteiger partial charge < -0.3 is 19.6 Å². The Morgan fingerprint density at radius 3 is 2.67 bits per heavy atom. The van der Waals surface area contributed by atoms with E-state index in [9.17, 15) is 5.11 Å². The Hall–Kier alpha value is -1.94. The predicted octanol–water partition coefficient (Wildman–Crippen LogP) is 2.59. The number of hydrogen-bond donors (Lipinski definition) is 2. The Labute approximate surface area is 106 Å². The lowest BCUT2D eigenvalue weighted by atomic mass is 10.2. The molecule has 4 nitrogen and oxygen atoms in total. The zero-order valence-corrected chi connectivity index (χ0v) is 10.6. The van der Waals surface area contributed by atoms with E-state index in [4.69, 9.17) is 9.15 Å². The molecule has 0 aliphatic heterocycles. The zero-order chi connectivity index (χ0) is 13.0. The van der Waals surface area contributed by atoms with Crippen LogP contribution in [-0.2, 0) is 13.1 Å². The lowest BCUT2D eigenvalue weighted by Gasteiger charge is -2.07. The minimum absolute atomic E-state index is 0.158. The van der Waals surface area contributed by atoms with Gasteiger partial charge in [-0.1, -0.05) is 6.07 Å². The minimum Gasteiger partial charge on any atom is -0.504 e. The van der Waals surface area contributed by atoms with Crippen molar-refractivity contribution in [3.8, 4) is 11.5 Å². The third kappa shape index (κ3) is 3.05. The molecule has 0 bridgehead atoms. The van der Waals surface area contributed by atoms with Crippen LogP contribution in [0.2, 0.25) is 0 Å². The van der Waals surface area contributed by atoms with Crippen LogP contribution in [0.4, 0.5) is 0 Å². The van der Waals surface area contributed by atoms with Gasteiger partial charge in [0, 0.05) is 6.54 Å². The molecule has 0 saturated carbocycles. The van der Waals surface area contributed by atoms with E-state index in [2.05, 4.69) is 5.32 Å². The number of phenols is 1. The van der Waals surface area contributed by atoms with E-state index in [-0.39, 0.29) is 5.75 Å². The fraction of sp³-hybridized carbons (Fsp3) is 0.286. The molecule has 2 N–H and O–H groups in total. The number of nitrogens with one attached hydrogen (secondary N) is 1. The summed E-state index contributed by atoms with van der Waals surface area (Å²) < 4.78 is 10.4. The Balaban J connectivity index is 1.88. The van der Waals surface area contributed by atoms with Crippen LogP contribution in [0, 0.1) is 6.92 Å². The Morgan fingerprint density at radius 2 is 2.06 bits per heavy atom. The number of rotatable bonds is 5. The van der Waals surface area contributed by atoms with Crippen molar-refractivity contribution in [2.75, 3.05) is 7.11 Å². The van der Waals surface area contributed by atoms with Crippen LogP contribution in [0.1, 0.15) is 17.1 Å². The number of methoxy groups -OCH3 is 1. The van der Waals surface area contributed by atoms with Gasteiger partial charge in [-0.2, -0.15) is 0 Å². The van der Waals surface area contributed by atoms with Crippen molar-refractivity contribution in [3.63, 3.8) is 0 Å². The number of furan rings is 1. The summed E-state index contributed by atoms with van der Waals surface area (Å²) in [7, 11) is 1.53. The third-order valence-corrected chi connectivity index (χ3v) is 2.67. The van der Waals surface area contributed by atoms with E-state index in [1.807, 2.05) is 25.1 Å². The van der Waals surface area contributed by atoms with Crippen molar-refractivity contribution in [3.05, 3.63) is 47.4 Å². The first-order valence-corrected chi connectivity index (χ1v) is 5.81. The van der Waals surface area contributed by atoms with Crippen molar-refractivity contribution in [2.45, 2.75) is 20.0 Å². The van der Waals surface area contributed by atoms with Gasteiger partial charge in [0.25, 0.3) is 0 Å². The molecule has 4 heteroatoms. The number of benzene rings is 1. The highest BCUT2D eigenvalue weighted by molar-refractivity contribution is 5.41.